The van der Waals surface area contributed by atoms with Gasteiger partial charge in [-0.15, -0.1) is 0 Å². The van der Waals surface area contributed by atoms with Gasteiger partial charge in [-0.05, 0) is 12.1 Å². The highest BCUT2D eigenvalue weighted by molar-refractivity contribution is 5.99. The Kier molecular flexibility index (Phi) is 5.88. The van der Waals surface area contributed by atoms with Crippen LogP contribution in [0, 0.1) is 10.1 Å². The molecule has 116 valence electrons. The number of hydrogen-bond acceptors (Lipinski definition) is 8. The fourth-order valence-electron chi connectivity index (χ4n) is 1.60. The van der Waals surface area contributed by atoms with Crippen LogP contribution in [0.25, 0.3) is 0 Å². The van der Waals surface area contributed by atoms with Gasteiger partial charge >= 0.3 is 0 Å². The molecule has 0 radical (unpaired) electrons. The average molecular weight is 301 g/mol. The van der Waals surface area contributed by atoms with E-state index < -0.39 is 41.7 Å². The van der Waals surface area contributed by atoms with E-state index in [4.69, 9.17) is 10.2 Å². The lowest BCUT2D eigenvalue weighted by molar-refractivity contribution is -0.384. The Balaban J connectivity index is 2.84. The molecule has 1 rings (SSSR count). The van der Waals surface area contributed by atoms with Crippen molar-refractivity contribution in [2.24, 2.45) is 0 Å². The van der Waals surface area contributed by atoms with Crippen LogP contribution in [-0.2, 0) is 0 Å². The zero-order valence-electron chi connectivity index (χ0n) is 10.7. The van der Waals surface area contributed by atoms with E-state index in [-0.39, 0.29) is 11.3 Å². The molecule has 0 saturated heterocycles. The number of nitro groups is 1. The van der Waals surface area contributed by atoms with E-state index in [1.807, 2.05) is 0 Å². The summed E-state index contributed by atoms with van der Waals surface area (Å²) in [5.74, 6) is -0.985. The predicted octanol–water partition coefficient (Wildman–Crippen LogP) is -1.79. The first-order chi connectivity index (χ1) is 9.79. The second kappa shape index (κ2) is 7.20. The van der Waals surface area contributed by atoms with Gasteiger partial charge in [0.05, 0.1) is 11.5 Å². The van der Waals surface area contributed by atoms with Gasteiger partial charge in [0, 0.05) is 17.7 Å². The van der Waals surface area contributed by atoms with Gasteiger partial charge in [0.25, 0.3) is 5.69 Å². The van der Waals surface area contributed by atoms with Crippen molar-refractivity contribution in [2.75, 3.05) is 6.61 Å². The Morgan fingerprint density at radius 3 is 2.05 bits per heavy atom. The molecule has 0 saturated carbocycles. The van der Waals surface area contributed by atoms with Crippen LogP contribution in [0.5, 0.6) is 0 Å². The van der Waals surface area contributed by atoms with Gasteiger partial charge in [0.1, 0.15) is 24.4 Å². The van der Waals surface area contributed by atoms with Crippen LogP contribution in [0.2, 0.25) is 0 Å². The minimum atomic E-state index is -2.05. The Morgan fingerprint density at radius 1 is 1.10 bits per heavy atom. The van der Waals surface area contributed by atoms with Gasteiger partial charge in [-0.3, -0.25) is 14.9 Å². The molecule has 0 aliphatic rings. The van der Waals surface area contributed by atoms with Crippen LogP contribution in [-0.4, -0.2) is 67.3 Å². The standard InChI is InChI=1S/C12H15NO8/c14-5-8(15)10(17)12(19)11(18)9(16)6-1-3-7(4-2-6)13(20)21/h1-4,8,10-12,14-15,17-19H,5H2. The minimum absolute atomic E-state index is 0.113. The van der Waals surface area contributed by atoms with Crippen molar-refractivity contribution in [2.45, 2.75) is 24.4 Å². The number of carbonyl (C=O) groups is 1. The molecular formula is C12H15NO8. The molecule has 0 aliphatic carbocycles. The number of Topliss-reactive ketones (excluding diaryl/α,β-unsaturated/α-hetero) is 1. The van der Waals surface area contributed by atoms with E-state index in [9.17, 15) is 30.2 Å². The van der Waals surface area contributed by atoms with Gasteiger partial charge in [-0.25, -0.2) is 0 Å². The Morgan fingerprint density at radius 2 is 1.62 bits per heavy atom. The highest BCUT2D eigenvalue weighted by Gasteiger charge is 2.34. The van der Waals surface area contributed by atoms with Gasteiger partial charge in [-0.1, -0.05) is 0 Å². The summed E-state index contributed by atoms with van der Waals surface area (Å²) < 4.78 is 0. The lowest BCUT2D eigenvalue weighted by Crippen LogP contribution is -2.48. The molecular weight excluding hydrogens is 286 g/mol. The van der Waals surface area contributed by atoms with Crippen molar-refractivity contribution in [1.82, 2.24) is 0 Å². The van der Waals surface area contributed by atoms with Crippen LogP contribution in [0.1, 0.15) is 10.4 Å². The molecule has 0 spiro atoms. The minimum Gasteiger partial charge on any atom is -0.394 e. The number of ketones is 1. The molecule has 21 heavy (non-hydrogen) atoms. The number of carbonyl (C=O) groups excluding carboxylic acids is 1. The van der Waals surface area contributed by atoms with E-state index >= 15 is 0 Å². The van der Waals surface area contributed by atoms with E-state index in [1.165, 1.54) is 0 Å². The lowest BCUT2D eigenvalue weighted by Gasteiger charge is -2.24. The fraction of sp³-hybridized carbons (Fsp3) is 0.417. The van der Waals surface area contributed by atoms with Crippen molar-refractivity contribution in [1.29, 1.82) is 0 Å². The first-order valence-corrected chi connectivity index (χ1v) is 5.91. The molecule has 0 amide bonds. The molecule has 0 fully saturated rings. The van der Waals surface area contributed by atoms with Crippen LogP contribution in [0.3, 0.4) is 0 Å². The number of aliphatic hydroxyl groups is 5. The monoisotopic (exact) mass is 301 g/mol. The van der Waals surface area contributed by atoms with Crippen LogP contribution < -0.4 is 0 Å². The molecule has 4 unspecified atom stereocenters. The smallest absolute Gasteiger partial charge is 0.269 e. The maximum Gasteiger partial charge on any atom is 0.269 e. The zero-order chi connectivity index (χ0) is 16.2. The number of nitrogens with zero attached hydrogens (tertiary/aromatic N) is 1. The number of aliphatic hydroxyl groups excluding tert-OH is 5. The summed E-state index contributed by atoms with van der Waals surface area (Å²) >= 11 is 0. The number of non-ortho nitro benzene ring substituents is 1. The summed E-state index contributed by atoms with van der Waals surface area (Å²) in [6.07, 6.45) is -7.72. The number of nitro benzene ring substituents is 1. The highest BCUT2D eigenvalue weighted by Crippen LogP contribution is 2.15. The van der Waals surface area contributed by atoms with Crippen molar-refractivity contribution in [3.8, 4) is 0 Å². The summed E-state index contributed by atoms with van der Waals surface area (Å²) in [7, 11) is 0. The number of hydrogen-bond donors (Lipinski definition) is 5. The third-order valence-corrected chi connectivity index (χ3v) is 2.89. The van der Waals surface area contributed by atoms with Crippen molar-refractivity contribution in [3.05, 3.63) is 39.9 Å². The van der Waals surface area contributed by atoms with Gasteiger partial charge < -0.3 is 25.5 Å². The van der Waals surface area contributed by atoms with Gasteiger partial charge in [-0.2, -0.15) is 0 Å². The van der Waals surface area contributed by atoms with E-state index in [0.717, 1.165) is 24.3 Å². The number of benzene rings is 1. The van der Waals surface area contributed by atoms with Gasteiger partial charge in [0.2, 0.25) is 0 Å². The second-order valence-electron chi connectivity index (χ2n) is 4.34. The first-order valence-electron chi connectivity index (χ1n) is 5.91. The molecule has 5 N–H and O–H groups in total. The van der Waals surface area contributed by atoms with Crippen LogP contribution in [0.15, 0.2) is 24.3 Å². The summed E-state index contributed by atoms with van der Waals surface area (Å²) in [6.45, 7) is -0.864. The molecule has 0 heterocycles. The largest absolute Gasteiger partial charge is 0.394 e. The molecule has 0 aliphatic heterocycles. The fourth-order valence-corrected chi connectivity index (χ4v) is 1.60. The lowest BCUT2D eigenvalue weighted by atomic mass is 9.96. The highest BCUT2D eigenvalue weighted by atomic mass is 16.6. The predicted molar refractivity (Wildman–Crippen MR) is 68.5 cm³/mol. The molecule has 0 aromatic heterocycles. The maximum absolute atomic E-state index is 11.8. The zero-order valence-corrected chi connectivity index (χ0v) is 10.7. The quantitative estimate of drug-likeness (QED) is 0.224. The Bertz CT molecular complexity index is 502. The van der Waals surface area contributed by atoms with Gasteiger partial charge in [0.15, 0.2) is 5.78 Å². The molecule has 0 bridgehead atoms. The molecule has 1 aromatic carbocycles. The molecule has 1 aromatic rings. The average Bonchev–Trinajstić information content (AvgIpc) is 2.51. The SMILES string of the molecule is O=C(c1ccc([N+](=O)[O-])cc1)C(O)C(O)C(O)C(O)CO. The maximum atomic E-state index is 11.8. The van der Waals surface area contributed by atoms with Crippen molar-refractivity contribution >= 4 is 11.5 Å². The number of rotatable bonds is 7. The Hall–Kier alpha value is -1.91. The van der Waals surface area contributed by atoms with Crippen LogP contribution in [0.4, 0.5) is 5.69 Å². The molecule has 9 nitrogen and oxygen atoms in total. The van der Waals surface area contributed by atoms with Crippen molar-refractivity contribution < 1.29 is 35.3 Å². The first kappa shape index (κ1) is 17.1. The second-order valence-corrected chi connectivity index (χ2v) is 4.34. The summed E-state index contributed by atoms with van der Waals surface area (Å²) in [5.41, 5.74) is -0.366. The van der Waals surface area contributed by atoms with Crippen LogP contribution >= 0.6 is 0 Å². The van der Waals surface area contributed by atoms with E-state index in [0.29, 0.717) is 0 Å². The normalized spacial score (nSPS) is 16.8. The van der Waals surface area contributed by atoms with Crippen molar-refractivity contribution in [3.63, 3.8) is 0 Å². The summed E-state index contributed by atoms with van der Waals surface area (Å²) in [6, 6.07) is 4.27. The van der Waals surface area contributed by atoms with E-state index in [1.54, 1.807) is 0 Å². The third kappa shape index (κ3) is 4.03. The summed E-state index contributed by atoms with van der Waals surface area (Å²) in [5, 5.41) is 56.8. The Labute approximate surface area is 118 Å². The molecule has 4 atom stereocenters. The topological polar surface area (TPSA) is 161 Å². The molecule has 9 heteroatoms. The summed E-state index contributed by atoms with van der Waals surface area (Å²) in [4.78, 5) is 21.7. The third-order valence-electron chi connectivity index (χ3n) is 2.89. The van der Waals surface area contributed by atoms with E-state index in [2.05, 4.69) is 0 Å².